The van der Waals surface area contributed by atoms with Crippen molar-refractivity contribution in [3.63, 3.8) is 0 Å². The second-order valence-electron chi connectivity index (χ2n) is 6.19. The first-order valence-corrected chi connectivity index (χ1v) is 8.39. The molecule has 0 aromatic carbocycles. The van der Waals surface area contributed by atoms with Gasteiger partial charge in [0.1, 0.15) is 12.1 Å². The minimum absolute atomic E-state index is 0.115. The van der Waals surface area contributed by atoms with E-state index in [1.807, 2.05) is 6.07 Å². The number of pyridine rings is 1. The molecule has 0 saturated carbocycles. The average Bonchev–Trinajstić information content (AvgIpc) is 3.35. The summed E-state index contributed by atoms with van der Waals surface area (Å²) in [4.78, 5) is 16.7. The van der Waals surface area contributed by atoms with Crippen LogP contribution in [0.3, 0.4) is 0 Å². The number of aromatic nitrogens is 3. The number of nitriles is 2. The van der Waals surface area contributed by atoms with Crippen molar-refractivity contribution < 1.29 is 4.79 Å². The molecule has 0 N–H and O–H groups in total. The van der Waals surface area contributed by atoms with Crippen molar-refractivity contribution in [2.24, 2.45) is 5.10 Å². The van der Waals surface area contributed by atoms with Gasteiger partial charge in [0.15, 0.2) is 0 Å². The van der Waals surface area contributed by atoms with E-state index in [9.17, 15) is 4.79 Å². The average molecular weight is 359 g/mol. The maximum absolute atomic E-state index is 12.6. The Morgan fingerprint density at radius 3 is 2.78 bits per heavy atom. The minimum atomic E-state index is -0.240. The topological polar surface area (TPSA) is 111 Å². The number of carbonyl (C=O) groups is 1. The van der Waals surface area contributed by atoms with Gasteiger partial charge in [-0.3, -0.25) is 14.5 Å². The van der Waals surface area contributed by atoms with Crippen LogP contribution in [0.5, 0.6) is 0 Å². The van der Waals surface area contributed by atoms with Crippen LogP contribution in [0.2, 0.25) is 0 Å². The van der Waals surface area contributed by atoms with Gasteiger partial charge < -0.3 is 0 Å². The molecule has 2 aromatic rings. The van der Waals surface area contributed by atoms with E-state index in [-0.39, 0.29) is 18.4 Å². The Labute approximate surface area is 156 Å². The van der Waals surface area contributed by atoms with Crippen molar-refractivity contribution in [1.82, 2.24) is 19.8 Å². The smallest absolute Gasteiger partial charge is 0.243 e. The summed E-state index contributed by atoms with van der Waals surface area (Å²) in [6, 6.07) is 5.57. The summed E-state index contributed by atoms with van der Waals surface area (Å²) >= 11 is 0. The first-order chi connectivity index (χ1) is 13.1. The summed E-state index contributed by atoms with van der Waals surface area (Å²) < 4.78 is 1.63. The third kappa shape index (κ3) is 4.25. The number of rotatable bonds is 6. The van der Waals surface area contributed by atoms with Crippen molar-refractivity contribution in [1.29, 1.82) is 10.5 Å². The molecule has 1 amide bonds. The lowest BCUT2D eigenvalue weighted by molar-refractivity contribution is -0.133. The molecular weight excluding hydrogens is 342 g/mol. The zero-order valence-corrected chi connectivity index (χ0v) is 14.6. The largest absolute Gasteiger partial charge is 0.273 e. The summed E-state index contributed by atoms with van der Waals surface area (Å²) in [6.45, 7) is 4.44. The normalized spacial score (nSPS) is 15.3. The van der Waals surface area contributed by atoms with Crippen LogP contribution in [-0.2, 0) is 11.3 Å². The van der Waals surface area contributed by atoms with Crippen LogP contribution in [0.1, 0.15) is 42.0 Å². The molecule has 1 aliphatic heterocycles. The number of hydrogen-bond donors (Lipinski definition) is 0. The molecule has 0 aliphatic carbocycles. The molecular formula is C19H17N7O. The highest BCUT2D eigenvalue weighted by Crippen LogP contribution is 2.29. The van der Waals surface area contributed by atoms with Gasteiger partial charge in [-0.25, -0.2) is 5.01 Å². The Balaban J connectivity index is 1.58. The third-order valence-electron chi connectivity index (χ3n) is 4.20. The van der Waals surface area contributed by atoms with Gasteiger partial charge in [-0.1, -0.05) is 12.2 Å². The van der Waals surface area contributed by atoms with E-state index in [1.54, 1.807) is 29.4 Å². The van der Waals surface area contributed by atoms with Crippen LogP contribution in [0.15, 0.2) is 48.1 Å². The molecule has 134 valence electrons. The van der Waals surface area contributed by atoms with Crippen LogP contribution in [0.4, 0.5) is 0 Å². The third-order valence-corrected chi connectivity index (χ3v) is 4.20. The van der Waals surface area contributed by atoms with Crippen molar-refractivity contribution in [3.8, 4) is 12.1 Å². The zero-order chi connectivity index (χ0) is 19.2. The number of allylic oxidation sites excluding steroid dienone is 1. The van der Waals surface area contributed by atoms with E-state index in [2.05, 4.69) is 27.8 Å². The van der Waals surface area contributed by atoms with Crippen LogP contribution >= 0.6 is 0 Å². The van der Waals surface area contributed by atoms with Gasteiger partial charge in [0.25, 0.3) is 0 Å². The molecule has 0 saturated heterocycles. The molecule has 27 heavy (non-hydrogen) atoms. The predicted molar refractivity (Wildman–Crippen MR) is 97.0 cm³/mol. The number of hydrazone groups is 1. The molecule has 0 radical (unpaired) electrons. The van der Waals surface area contributed by atoms with Gasteiger partial charge in [-0.05, 0) is 18.1 Å². The molecule has 0 fully saturated rings. The molecule has 3 heterocycles. The summed E-state index contributed by atoms with van der Waals surface area (Å²) in [7, 11) is 0. The van der Waals surface area contributed by atoms with Crippen molar-refractivity contribution in [2.75, 3.05) is 0 Å². The number of nitrogens with zero attached hydrogens (tertiary/aromatic N) is 7. The Hall–Kier alpha value is -3.78. The van der Waals surface area contributed by atoms with Gasteiger partial charge in [0, 0.05) is 37.6 Å². The molecule has 8 nitrogen and oxygen atoms in total. The van der Waals surface area contributed by atoms with E-state index in [1.165, 1.54) is 17.4 Å². The maximum Gasteiger partial charge on any atom is 0.243 e. The molecule has 1 unspecified atom stereocenters. The molecule has 3 rings (SSSR count). The summed E-state index contributed by atoms with van der Waals surface area (Å²) in [5.41, 5.74) is 2.57. The summed E-state index contributed by atoms with van der Waals surface area (Å²) in [5, 5.41) is 27.6. The first-order valence-electron chi connectivity index (χ1n) is 8.39. The fourth-order valence-corrected chi connectivity index (χ4v) is 2.85. The quantitative estimate of drug-likeness (QED) is 0.735. The van der Waals surface area contributed by atoms with Crippen LogP contribution < -0.4 is 0 Å². The monoisotopic (exact) mass is 359 g/mol. The fraction of sp³-hybridized carbons (Fsp3) is 0.263. The Kier molecular flexibility index (Phi) is 5.38. The van der Waals surface area contributed by atoms with E-state index in [0.29, 0.717) is 30.5 Å². The highest BCUT2D eigenvalue weighted by Gasteiger charge is 2.28. The zero-order valence-electron chi connectivity index (χ0n) is 14.6. The fourth-order valence-electron chi connectivity index (χ4n) is 2.85. The lowest BCUT2D eigenvalue weighted by Gasteiger charge is -2.22. The molecule has 1 aliphatic rings. The van der Waals surface area contributed by atoms with E-state index < -0.39 is 0 Å². The first kappa shape index (κ1) is 18.0. The van der Waals surface area contributed by atoms with Gasteiger partial charge in [0.05, 0.1) is 29.9 Å². The number of amides is 1. The Morgan fingerprint density at radius 2 is 2.04 bits per heavy atom. The molecule has 8 heteroatoms. The van der Waals surface area contributed by atoms with Gasteiger partial charge in [0.2, 0.25) is 5.91 Å². The minimum Gasteiger partial charge on any atom is -0.273 e. The Morgan fingerprint density at radius 1 is 1.22 bits per heavy atom. The predicted octanol–water partition coefficient (Wildman–Crippen LogP) is 2.32. The second-order valence-corrected chi connectivity index (χ2v) is 6.19. The lowest BCUT2D eigenvalue weighted by atomic mass is 10.0. The summed E-state index contributed by atoms with van der Waals surface area (Å²) in [6.07, 6.45) is 9.33. The highest BCUT2D eigenvalue weighted by molar-refractivity contribution is 5.80. The standard InChI is InChI=1S/C19H17N7O/c1-14(12-25-13-16(8-21)10-24-25)2-3-19(27)26-18(4-5-23-26)17-6-15(7-20)9-22-11-17/h5-6,9-11,13,18H,1-4,12H2. The van der Waals surface area contributed by atoms with Gasteiger partial charge >= 0.3 is 0 Å². The van der Waals surface area contributed by atoms with Crippen molar-refractivity contribution in [2.45, 2.75) is 31.8 Å². The van der Waals surface area contributed by atoms with E-state index >= 15 is 0 Å². The SMILES string of the molecule is C=C(CCC(=O)N1N=CCC1c1cncc(C#N)c1)Cn1cc(C#N)cn1. The lowest BCUT2D eigenvalue weighted by Crippen LogP contribution is -2.27. The Bertz CT molecular complexity index is 976. The summed E-state index contributed by atoms with van der Waals surface area (Å²) in [5.74, 6) is -0.115. The molecule has 2 aromatic heterocycles. The van der Waals surface area contributed by atoms with Crippen molar-refractivity contribution >= 4 is 12.1 Å². The van der Waals surface area contributed by atoms with Crippen LogP contribution in [0.25, 0.3) is 0 Å². The highest BCUT2D eigenvalue weighted by atomic mass is 16.2. The molecule has 1 atom stereocenters. The number of hydrogen-bond acceptors (Lipinski definition) is 6. The van der Waals surface area contributed by atoms with Gasteiger partial charge in [-0.2, -0.15) is 20.7 Å². The molecule has 0 bridgehead atoms. The maximum atomic E-state index is 12.6. The van der Waals surface area contributed by atoms with Crippen LogP contribution in [-0.4, -0.2) is 31.9 Å². The van der Waals surface area contributed by atoms with Crippen LogP contribution in [0, 0.1) is 22.7 Å². The van der Waals surface area contributed by atoms with Crippen molar-refractivity contribution in [3.05, 3.63) is 59.7 Å². The molecule has 0 spiro atoms. The second kappa shape index (κ2) is 8.07. The number of carbonyl (C=O) groups excluding carboxylic acids is 1. The van der Waals surface area contributed by atoms with E-state index in [0.717, 1.165) is 11.1 Å². The van der Waals surface area contributed by atoms with Gasteiger partial charge in [-0.15, -0.1) is 0 Å². The van der Waals surface area contributed by atoms with E-state index in [4.69, 9.17) is 10.5 Å².